The van der Waals surface area contributed by atoms with Gasteiger partial charge in [-0.1, -0.05) is 59.8 Å². The minimum Gasteiger partial charge on any atom is -0.386 e. The Morgan fingerprint density at radius 1 is 1.00 bits per heavy atom. The number of hydrogen-bond donors (Lipinski definition) is 1. The highest BCUT2D eigenvalue weighted by molar-refractivity contribution is 5.57. The third-order valence-corrected chi connectivity index (χ3v) is 4.09. The molecule has 1 N–H and O–H groups in total. The standard InChI is InChI=1S/C17H15N3O/c21-17-14-9-5-4-8-13(14)10-16(17)20-11-15(18-19-20)12-6-2-1-3-7-12/h1-9,11,16-17,21H,10H2/t16-,17+/m1/s1. The molecule has 2 aromatic carbocycles. The van der Waals surface area contributed by atoms with Crippen LogP contribution in [0.25, 0.3) is 11.3 Å². The summed E-state index contributed by atoms with van der Waals surface area (Å²) in [5, 5.41) is 18.9. The van der Waals surface area contributed by atoms with Crippen molar-refractivity contribution >= 4 is 0 Å². The van der Waals surface area contributed by atoms with Crippen molar-refractivity contribution in [1.82, 2.24) is 15.0 Å². The summed E-state index contributed by atoms with van der Waals surface area (Å²) >= 11 is 0. The van der Waals surface area contributed by atoms with Gasteiger partial charge in [0, 0.05) is 5.56 Å². The number of aromatic nitrogens is 3. The van der Waals surface area contributed by atoms with Gasteiger partial charge in [0.15, 0.2) is 0 Å². The van der Waals surface area contributed by atoms with E-state index in [4.69, 9.17) is 0 Å². The summed E-state index contributed by atoms with van der Waals surface area (Å²) in [6.07, 6.45) is 2.18. The first-order valence-corrected chi connectivity index (χ1v) is 7.06. The van der Waals surface area contributed by atoms with E-state index in [-0.39, 0.29) is 6.04 Å². The average molecular weight is 277 g/mol. The predicted molar refractivity (Wildman–Crippen MR) is 79.6 cm³/mol. The number of hydrogen-bond acceptors (Lipinski definition) is 3. The normalized spacial score (nSPS) is 20.4. The molecular formula is C17H15N3O. The molecule has 0 radical (unpaired) electrons. The molecule has 0 saturated heterocycles. The van der Waals surface area contributed by atoms with Gasteiger partial charge in [0.25, 0.3) is 0 Å². The summed E-state index contributed by atoms with van der Waals surface area (Å²) in [4.78, 5) is 0. The van der Waals surface area contributed by atoms with E-state index in [1.165, 1.54) is 5.56 Å². The second kappa shape index (κ2) is 4.82. The maximum atomic E-state index is 10.5. The van der Waals surface area contributed by atoms with Crippen molar-refractivity contribution in [3.05, 3.63) is 71.9 Å². The molecule has 1 aliphatic carbocycles. The zero-order valence-electron chi connectivity index (χ0n) is 11.4. The number of benzene rings is 2. The molecule has 1 heterocycles. The zero-order valence-corrected chi connectivity index (χ0v) is 11.4. The maximum absolute atomic E-state index is 10.5. The molecule has 21 heavy (non-hydrogen) atoms. The molecule has 0 unspecified atom stereocenters. The number of nitrogens with zero attached hydrogens (tertiary/aromatic N) is 3. The van der Waals surface area contributed by atoms with Crippen molar-refractivity contribution in [3.63, 3.8) is 0 Å². The van der Waals surface area contributed by atoms with Crippen LogP contribution < -0.4 is 0 Å². The van der Waals surface area contributed by atoms with Crippen molar-refractivity contribution in [2.24, 2.45) is 0 Å². The van der Waals surface area contributed by atoms with Crippen molar-refractivity contribution in [3.8, 4) is 11.3 Å². The molecule has 4 rings (SSSR count). The van der Waals surface area contributed by atoms with Gasteiger partial charge in [-0.05, 0) is 17.5 Å². The summed E-state index contributed by atoms with van der Waals surface area (Å²) in [5.41, 5.74) is 4.05. The van der Waals surface area contributed by atoms with E-state index in [2.05, 4.69) is 16.4 Å². The summed E-state index contributed by atoms with van der Waals surface area (Å²) in [7, 11) is 0. The summed E-state index contributed by atoms with van der Waals surface area (Å²) < 4.78 is 1.78. The summed E-state index contributed by atoms with van der Waals surface area (Å²) in [5.74, 6) is 0. The molecule has 0 amide bonds. The Kier molecular flexibility index (Phi) is 2.82. The van der Waals surface area contributed by atoms with E-state index in [9.17, 15) is 5.11 Å². The Balaban J connectivity index is 1.66. The van der Waals surface area contributed by atoms with Gasteiger partial charge in [-0.3, -0.25) is 0 Å². The van der Waals surface area contributed by atoms with Crippen LogP contribution in [-0.4, -0.2) is 20.1 Å². The molecule has 4 nitrogen and oxygen atoms in total. The molecule has 0 saturated carbocycles. The van der Waals surface area contributed by atoms with Crippen LogP contribution in [-0.2, 0) is 6.42 Å². The van der Waals surface area contributed by atoms with Crippen LogP contribution >= 0.6 is 0 Å². The van der Waals surface area contributed by atoms with Gasteiger partial charge in [0.05, 0.1) is 12.2 Å². The third kappa shape index (κ3) is 2.04. The SMILES string of the molecule is O[C@H]1c2ccccc2C[C@H]1n1cc(-c2ccccc2)nn1. The van der Waals surface area contributed by atoms with Crippen LogP contribution in [0.4, 0.5) is 0 Å². The first-order chi connectivity index (χ1) is 10.3. The minimum absolute atomic E-state index is 0.0765. The molecule has 0 bridgehead atoms. The van der Waals surface area contributed by atoms with Gasteiger partial charge < -0.3 is 5.11 Å². The quantitative estimate of drug-likeness (QED) is 0.783. The molecule has 0 spiro atoms. The van der Waals surface area contributed by atoms with Gasteiger partial charge in [-0.2, -0.15) is 0 Å². The minimum atomic E-state index is -0.522. The van der Waals surface area contributed by atoms with Gasteiger partial charge in [-0.25, -0.2) is 4.68 Å². The second-order valence-electron chi connectivity index (χ2n) is 5.36. The number of aliphatic hydroxyl groups is 1. The smallest absolute Gasteiger partial charge is 0.113 e. The highest BCUT2D eigenvalue weighted by atomic mass is 16.3. The lowest BCUT2D eigenvalue weighted by atomic mass is 10.1. The first kappa shape index (κ1) is 12.3. The van der Waals surface area contributed by atoms with E-state index < -0.39 is 6.10 Å². The Morgan fingerprint density at radius 2 is 1.76 bits per heavy atom. The average Bonchev–Trinajstić information content (AvgIpc) is 3.14. The van der Waals surface area contributed by atoms with Crippen LogP contribution in [0.3, 0.4) is 0 Å². The lowest BCUT2D eigenvalue weighted by Crippen LogP contribution is -2.14. The second-order valence-corrected chi connectivity index (χ2v) is 5.36. The monoisotopic (exact) mass is 277 g/mol. The van der Waals surface area contributed by atoms with Gasteiger partial charge in [0.1, 0.15) is 11.8 Å². The first-order valence-electron chi connectivity index (χ1n) is 7.06. The highest BCUT2D eigenvalue weighted by Crippen LogP contribution is 2.38. The molecule has 1 aromatic heterocycles. The van der Waals surface area contributed by atoms with E-state index in [1.54, 1.807) is 4.68 Å². The van der Waals surface area contributed by atoms with Crippen LogP contribution in [0.2, 0.25) is 0 Å². The number of rotatable bonds is 2. The fourth-order valence-electron chi connectivity index (χ4n) is 2.97. The summed E-state index contributed by atoms with van der Waals surface area (Å²) in [6.45, 7) is 0. The molecule has 0 fully saturated rings. The molecule has 2 atom stereocenters. The molecule has 3 aromatic rings. The van der Waals surface area contributed by atoms with Crippen LogP contribution in [0, 0.1) is 0 Å². The zero-order chi connectivity index (χ0) is 14.2. The van der Waals surface area contributed by atoms with Crippen molar-refractivity contribution in [1.29, 1.82) is 0 Å². The van der Waals surface area contributed by atoms with Gasteiger partial charge in [0.2, 0.25) is 0 Å². The van der Waals surface area contributed by atoms with Crippen LogP contribution in [0.5, 0.6) is 0 Å². The molecule has 4 heteroatoms. The lowest BCUT2D eigenvalue weighted by Gasteiger charge is -2.14. The number of aliphatic hydroxyl groups excluding tert-OH is 1. The summed E-state index contributed by atoms with van der Waals surface area (Å²) in [6, 6.07) is 17.9. The maximum Gasteiger partial charge on any atom is 0.113 e. The van der Waals surface area contributed by atoms with Gasteiger partial charge in [-0.15, -0.1) is 5.10 Å². The van der Waals surface area contributed by atoms with E-state index in [0.29, 0.717) is 0 Å². The number of fused-ring (bicyclic) bond motifs is 1. The largest absolute Gasteiger partial charge is 0.386 e. The molecular weight excluding hydrogens is 262 g/mol. The fourth-order valence-corrected chi connectivity index (χ4v) is 2.97. The van der Waals surface area contributed by atoms with Crippen LogP contribution in [0.15, 0.2) is 60.8 Å². The van der Waals surface area contributed by atoms with Gasteiger partial charge >= 0.3 is 0 Å². The predicted octanol–water partition coefficient (Wildman–Crippen LogP) is 2.78. The Hall–Kier alpha value is -2.46. The van der Waals surface area contributed by atoms with E-state index in [1.807, 2.05) is 54.7 Å². The Morgan fingerprint density at radius 3 is 2.57 bits per heavy atom. The Bertz CT molecular complexity index is 766. The van der Waals surface area contributed by atoms with Crippen molar-refractivity contribution < 1.29 is 5.11 Å². The topological polar surface area (TPSA) is 50.9 Å². The molecule has 104 valence electrons. The lowest BCUT2D eigenvalue weighted by molar-refractivity contribution is 0.120. The third-order valence-electron chi connectivity index (χ3n) is 4.09. The van der Waals surface area contributed by atoms with E-state index >= 15 is 0 Å². The van der Waals surface area contributed by atoms with Crippen LogP contribution in [0.1, 0.15) is 23.3 Å². The van der Waals surface area contributed by atoms with Crippen molar-refractivity contribution in [2.75, 3.05) is 0 Å². The Labute approximate surface area is 122 Å². The van der Waals surface area contributed by atoms with Crippen molar-refractivity contribution in [2.45, 2.75) is 18.6 Å². The molecule has 0 aliphatic heterocycles. The molecule has 1 aliphatic rings. The highest BCUT2D eigenvalue weighted by Gasteiger charge is 2.32. The fraction of sp³-hybridized carbons (Fsp3) is 0.176. The van der Waals surface area contributed by atoms with E-state index in [0.717, 1.165) is 23.2 Å².